The van der Waals surface area contributed by atoms with Gasteiger partial charge in [-0.2, -0.15) is 0 Å². The third-order valence-corrected chi connectivity index (χ3v) is 7.01. The molecule has 1 aliphatic heterocycles. The Labute approximate surface area is 187 Å². The van der Waals surface area contributed by atoms with E-state index in [1.807, 2.05) is 6.92 Å². The zero-order valence-electron chi connectivity index (χ0n) is 19.2. The summed E-state index contributed by atoms with van der Waals surface area (Å²) >= 11 is 0. The number of nitrogens with zero attached hydrogens (tertiary/aromatic N) is 5. The first kappa shape index (κ1) is 22.4. The highest BCUT2D eigenvalue weighted by Crippen LogP contribution is 2.36. The first-order valence-corrected chi connectivity index (χ1v) is 11.3. The summed E-state index contributed by atoms with van der Waals surface area (Å²) in [5.74, 6) is 0.147. The Morgan fingerprint density at radius 3 is 2.69 bits per heavy atom. The maximum atomic E-state index is 13.3. The molecule has 0 aromatic carbocycles. The van der Waals surface area contributed by atoms with E-state index in [0.717, 1.165) is 12.8 Å². The van der Waals surface area contributed by atoms with E-state index < -0.39 is 12.1 Å². The minimum Gasteiger partial charge on any atom is -0.393 e. The quantitative estimate of drug-likeness (QED) is 0.643. The number of imidazole rings is 1. The lowest BCUT2D eigenvalue weighted by atomic mass is 9.73. The lowest BCUT2D eigenvalue weighted by Crippen LogP contribution is -2.53. The number of nitrogens with one attached hydrogen (secondary N) is 1. The van der Waals surface area contributed by atoms with E-state index in [1.165, 1.54) is 12.7 Å². The normalized spacial score (nSPS) is 29.9. The molecule has 10 nitrogen and oxygen atoms in total. The van der Waals surface area contributed by atoms with Crippen LogP contribution in [-0.2, 0) is 16.1 Å². The summed E-state index contributed by atoms with van der Waals surface area (Å²) in [6.07, 6.45) is 5.14. The maximum absolute atomic E-state index is 13.3. The lowest BCUT2D eigenvalue weighted by molar-refractivity contribution is -0.141. The van der Waals surface area contributed by atoms with E-state index >= 15 is 0 Å². The second kappa shape index (κ2) is 8.31. The summed E-state index contributed by atoms with van der Waals surface area (Å²) in [7, 11) is 0. The molecule has 1 aliphatic carbocycles. The van der Waals surface area contributed by atoms with Crippen LogP contribution in [0.2, 0.25) is 0 Å². The molecule has 2 aromatic heterocycles. The molecule has 2 fully saturated rings. The Morgan fingerprint density at radius 2 is 1.97 bits per heavy atom. The topological polar surface area (TPSA) is 139 Å². The van der Waals surface area contributed by atoms with Crippen LogP contribution in [0, 0.1) is 11.3 Å². The maximum Gasteiger partial charge on any atom is 0.243 e. The number of hydrogen-bond donors (Lipinski definition) is 3. The predicted molar refractivity (Wildman–Crippen MR) is 119 cm³/mol. The Bertz CT molecular complexity index is 1020. The summed E-state index contributed by atoms with van der Waals surface area (Å²) in [4.78, 5) is 40.6. The number of aliphatic hydroxyl groups is 1. The molecule has 2 amide bonds. The number of carbonyl (C=O) groups is 2. The van der Waals surface area contributed by atoms with Crippen molar-refractivity contribution in [1.29, 1.82) is 0 Å². The molecule has 0 spiro atoms. The Balaban J connectivity index is 1.50. The summed E-state index contributed by atoms with van der Waals surface area (Å²) in [6, 6.07) is -0.702. The summed E-state index contributed by atoms with van der Waals surface area (Å²) in [6.45, 7) is 8.27. The Kier molecular flexibility index (Phi) is 5.83. The Hall–Kier alpha value is -2.75. The highest BCUT2D eigenvalue weighted by molar-refractivity contribution is 5.89. The fourth-order valence-electron chi connectivity index (χ4n) is 5.39. The van der Waals surface area contributed by atoms with E-state index in [1.54, 1.807) is 9.47 Å². The number of hydrogen-bond acceptors (Lipinski definition) is 7. The van der Waals surface area contributed by atoms with Gasteiger partial charge in [0.25, 0.3) is 0 Å². The van der Waals surface area contributed by atoms with Gasteiger partial charge in [-0.3, -0.25) is 9.59 Å². The zero-order valence-corrected chi connectivity index (χ0v) is 19.2. The van der Waals surface area contributed by atoms with Crippen LogP contribution in [0.25, 0.3) is 11.2 Å². The van der Waals surface area contributed by atoms with E-state index in [4.69, 9.17) is 5.73 Å². The van der Waals surface area contributed by atoms with Crippen molar-refractivity contribution in [3.63, 3.8) is 0 Å². The average molecular weight is 444 g/mol. The van der Waals surface area contributed by atoms with Gasteiger partial charge in [-0.25, -0.2) is 15.0 Å². The van der Waals surface area contributed by atoms with Gasteiger partial charge in [0.2, 0.25) is 11.8 Å². The van der Waals surface area contributed by atoms with Crippen LogP contribution in [0.4, 0.5) is 5.82 Å². The summed E-state index contributed by atoms with van der Waals surface area (Å²) in [5, 5.41) is 13.3. The molecule has 1 saturated heterocycles. The second-order valence-electron chi connectivity index (χ2n) is 10.2. The van der Waals surface area contributed by atoms with Crippen LogP contribution in [-0.4, -0.2) is 65.6 Å². The number of aromatic nitrogens is 4. The van der Waals surface area contributed by atoms with Gasteiger partial charge in [-0.15, -0.1) is 0 Å². The summed E-state index contributed by atoms with van der Waals surface area (Å²) in [5.41, 5.74) is 6.76. The van der Waals surface area contributed by atoms with Gasteiger partial charge in [0.15, 0.2) is 11.5 Å². The van der Waals surface area contributed by atoms with Crippen LogP contribution in [0.5, 0.6) is 0 Å². The molecule has 2 aliphatic rings. The molecular weight excluding hydrogens is 410 g/mol. The molecule has 4 N–H and O–H groups in total. The van der Waals surface area contributed by atoms with Crippen molar-refractivity contribution in [1.82, 2.24) is 29.7 Å². The van der Waals surface area contributed by atoms with Gasteiger partial charge in [0.1, 0.15) is 24.4 Å². The van der Waals surface area contributed by atoms with Gasteiger partial charge in [0, 0.05) is 12.1 Å². The number of nitrogen functional groups attached to an aromatic ring is 1. The molecule has 10 heteroatoms. The minimum atomic E-state index is -0.538. The fraction of sp³-hybridized carbons (Fsp3) is 0.682. The third-order valence-electron chi connectivity index (χ3n) is 7.01. The van der Waals surface area contributed by atoms with Crippen molar-refractivity contribution < 1.29 is 14.7 Å². The highest BCUT2D eigenvalue weighted by atomic mass is 16.3. The number of carbonyl (C=O) groups excluding carboxylic acids is 2. The molecule has 174 valence electrons. The van der Waals surface area contributed by atoms with Crippen LogP contribution >= 0.6 is 0 Å². The molecule has 5 atom stereocenters. The van der Waals surface area contributed by atoms with Gasteiger partial charge in [0.05, 0.1) is 12.4 Å². The van der Waals surface area contributed by atoms with Gasteiger partial charge >= 0.3 is 0 Å². The SMILES string of the molecule is C[C@@H]1C[C@@H](C(=O)NC2CC(O)CC(C)(C)C2)N(C(=O)Cn2cnc3c(N)ncnc32)[C@@H]1C. The lowest BCUT2D eigenvalue weighted by Gasteiger charge is -2.39. The van der Waals surface area contributed by atoms with Crippen molar-refractivity contribution >= 4 is 28.8 Å². The zero-order chi connectivity index (χ0) is 23.2. The van der Waals surface area contributed by atoms with E-state index in [9.17, 15) is 14.7 Å². The largest absolute Gasteiger partial charge is 0.393 e. The van der Waals surface area contributed by atoms with Crippen molar-refractivity contribution in [3.05, 3.63) is 12.7 Å². The summed E-state index contributed by atoms with van der Waals surface area (Å²) < 4.78 is 1.64. The molecule has 3 heterocycles. The first-order chi connectivity index (χ1) is 15.1. The van der Waals surface area contributed by atoms with Crippen LogP contribution in [0.1, 0.15) is 53.4 Å². The smallest absolute Gasteiger partial charge is 0.243 e. The number of fused-ring (bicyclic) bond motifs is 1. The molecule has 1 saturated carbocycles. The monoisotopic (exact) mass is 443 g/mol. The van der Waals surface area contributed by atoms with Crippen molar-refractivity contribution in [2.45, 2.75) is 84.2 Å². The van der Waals surface area contributed by atoms with Gasteiger partial charge < -0.3 is 25.6 Å². The van der Waals surface area contributed by atoms with Crippen molar-refractivity contribution in [2.24, 2.45) is 11.3 Å². The average Bonchev–Trinajstić information content (AvgIpc) is 3.22. The van der Waals surface area contributed by atoms with Crippen molar-refractivity contribution in [2.75, 3.05) is 5.73 Å². The number of aliphatic hydroxyl groups excluding tert-OH is 1. The van der Waals surface area contributed by atoms with Gasteiger partial charge in [-0.05, 0) is 43.9 Å². The number of amides is 2. The molecule has 0 bridgehead atoms. The van der Waals surface area contributed by atoms with E-state index in [2.05, 4.69) is 41.0 Å². The Morgan fingerprint density at radius 1 is 1.22 bits per heavy atom. The number of likely N-dealkylation sites (tertiary alicyclic amines) is 1. The molecule has 4 rings (SSSR count). The third kappa shape index (κ3) is 4.28. The molecular formula is C22H33N7O3. The van der Waals surface area contributed by atoms with Crippen LogP contribution < -0.4 is 11.1 Å². The van der Waals surface area contributed by atoms with Crippen LogP contribution in [0.15, 0.2) is 12.7 Å². The number of nitrogens with two attached hydrogens (primary N) is 1. The fourth-order valence-corrected chi connectivity index (χ4v) is 5.39. The van der Waals surface area contributed by atoms with E-state index in [0.29, 0.717) is 24.0 Å². The number of anilines is 1. The molecule has 32 heavy (non-hydrogen) atoms. The second-order valence-corrected chi connectivity index (χ2v) is 10.2. The highest BCUT2D eigenvalue weighted by Gasteiger charge is 2.44. The van der Waals surface area contributed by atoms with Crippen molar-refractivity contribution in [3.8, 4) is 0 Å². The molecule has 2 aromatic rings. The van der Waals surface area contributed by atoms with Crippen LogP contribution in [0.3, 0.4) is 0 Å². The minimum absolute atomic E-state index is 0.0168. The van der Waals surface area contributed by atoms with Gasteiger partial charge in [-0.1, -0.05) is 20.8 Å². The van der Waals surface area contributed by atoms with E-state index in [-0.39, 0.29) is 47.6 Å². The number of rotatable bonds is 4. The molecule has 0 radical (unpaired) electrons. The first-order valence-electron chi connectivity index (χ1n) is 11.3. The standard InChI is InChI=1S/C22H33N7O3/c1-12-5-16(21(32)27-14-6-15(30)8-22(3,4)7-14)29(13(12)2)17(31)9-28-11-26-18-19(23)24-10-25-20(18)28/h10-16,30H,5-9H2,1-4H3,(H,27,32)(H2,23,24,25)/t12-,13-,14?,15?,16+/m1/s1. The predicted octanol–water partition coefficient (Wildman–Crippen LogP) is 1.09. The molecule has 2 unspecified atom stereocenters.